The molecule has 0 N–H and O–H groups in total. The van der Waals surface area contributed by atoms with E-state index in [0.717, 1.165) is 17.7 Å². The number of pyridine rings is 1. The van der Waals surface area contributed by atoms with E-state index in [-0.39, 0.29) is 17.5 Å². The van der Waals surface area contributed by atoms with Crippen LogP contribution in [0.2, 0.25) is 0 Å². The van der Waals surface area contributed by atoms with E-state index in [1.807, 2.05) is 13.8 Å². The highest BCUT2D eigenvalue weighted by molar-refractivity contribution is 5.98. The van der Waals surface area contributed by atoms with Crippen LogP contribution in [-0.2, 0) is 13.5 Å². The van der Waals surface area contributed by atoms with Gasteiger partial charge in [-0.25, -0.2) is 17.9 Å². The van der Waals surface area contributed by atoms with E-state index in [9.17, 15) is 18.0 Å². The van der Waals surface area contributed by atoms with Gasteiger partial charge in [-0.15, -0.1) is 0 Å². The summed E-state index contributed by atoms with van der Waals surface area (Å²) < 4.78 is 50.7. The Kier molecular flexibility index (Phi) is 6.68. The first kappa shape index (κ1) is 25.5. The Balaban J connectivity index is 1.61. The molecule has 38 heavy (non-hydrogen) atoms. The van der Waals surface area contributed by atoms with Crippen LogP contribution in [0.1, 0.15) is 54.3 Å². The molecule has 0 spiro atoms. The number of benzene rings is 1. The highest BCUT2D eigenvalue weighted by Crippen LogP contribution is 2.42. The molecule has 0 unspecified atom stereocenters. The third-order valence-electron chi connectivity index (χ3n) is 7.07. The fraction of sp³-hybridized carbons (Fsp3) is 0.333. The number of nitrogens with zero attached hydrogens (tertiary/aromatic N) is 6. The number of methoxy groups -OCH3 is 1. The van der Waals surface area contributed by atoms with Crippen LogP contribution in [0, 0.1) is 17.5 Å². The Morgan fingerprint density at radius 2 is 1.87 bits per heavy atom. The number of halogens is 3. The van der Waals surface area contributed by atoms with Crippen molar-refractivity contribution in [1.29, 1.82) is 0 Å². The van der Waals surface area contributed by atoms with Crippen LogP contribution in [0.3, 0.4) is 0 Å². The smallest absolute Gasteiger partial charge is 0.260 e. The lowest BCUT2D eigenvalue weighted by molar-refractivity contribution is 0.0509. The van der Waals surface area contributed by atoms with Crippen molar-refractivity contribution >= 4 is 5.91 Å². The average Bonchev–Trinajstić information content (AvgIpc) is 3.57. The van der Waals surface area contributed by atoms with Gasteiger partial charge in [-0.2, -0.15) is 10.2 Å². The standard InChI is InChI=1S/C27H27F3N6O2/c1-5-16-12-17-24(33-34(3)25(17)15-10-19(28)23(30)20(29)11-15)21(6-2)36(16)27(37)18-13-31-14-22(26(18)38-4)35-9-7-8-32-35/h7-11,13-14,16,21H,5-6,12H2,1-4H3/t16-,21+/m0/s1. The van der Waals surface area contributed by atoms with Crippen LogP contribution >= 0.6 is 0 Å². The normalized spacial score (nSPS) is 17.0. The van der Waals surface area contributed by atoms with Crippen molar-refractivity contribution in [2.75, 3.05) is 7.11 Å². The quantitative estimate of drug-likeness (QED) is 0.331. The van der Waals surface area contributed by atoms with Gasteiger partial charge in [0.05, 0.1) is 30.7 Å². The molecule has 1 aromatic carbocycles. The lowest BCUT2D eigenvalue weighted by atomic mass is 9.87. The van der Waals surface area contributed by atoms with Gasteiger partial charge in [0, 0.05) is 42.8 Å². The van der Waals surface area contributed by atoms with Crippen molar-refractivity contribution in [1.82, 2.24) is 29.4 Å². The minimum atomic E-state index is -1.51. The lowest BCUT2D eigenvalue weighted by Gasteiger charge is -2.41. The molecule has 0 bridgehead atoms. The van der Waals surface area contributed by atoms with Gasteiger partial charge in [-0.3, -0.25) is 14.5 Å². The summed E-state index contributed by atoms with van der Waals surface area (Å²) in [6, 6.07) is 3.07. The number of aryl methyl sites for hydroxylation is 1. The van der Waals surface area contributed by atoms with Crippen LogP contribution in [0.15, 0.2) is 43.0 Å². The zero-order valence-electron chi connectivity index (χ0n) is 21.5. The summed E-state index contributed by atoms with van der Waals surface area (Å²) in [5.74, 6) is -3.96. The Morgan fingerprint density at radius 3 is 2.47 bits per heavy atom. The zero-order chi connectivity index (χ0) is 27.1. The number of carbonyl (C=O) groups is 1. The third-order valence-corrected chi connectivity index (χ3v) is 7.07. The summed E-state index contributed by atoms with van der Waals surface area (Å²) in [4.78, 5) is 20.2. The summed E-state index contributed by atoms with van der Waals surface area (Å²) in [7, 11) is 3.17. The number of rotatable bonds is 6. The molecule has 4 aromatic rings. The predicted octanol–water partition coefficient (Wildman–Crippen LogP) is 5.02. The highest BCUT2D eigenvalue weighted by Gasteiger charge is 2.41. The molecule has 5 rings (SSSR count). The Bertz CT molecular complexity index is 1480. The van der Waals surface area contributed by atoms with Gasteiger partial charge in [-0.05, 0) is 37.5 Å². The van der Waals surface area contributed by atoms with Crippen molar-refractivity contribution in [3.8, 4) is 22.7 Å². The highest BCUT2D eigenvalue weighted by atomic mass is 19.2. The van der Waals surface area contributed by atoms with E-state index in [0.29, 0.717) is 47.7 Å². The van der Waals surface area contributed by atoms with Crippen LogP contribution in [0.5, 0.6) is 5.75 Å². The Morgan fingerprint density at radius 1 is 1.13 bits per heavy atom. The van der Waals surface area contributed by atoms with Crippen LogP contribution < -0.4 is 4.74 Å². The lowest BCUT2D eigenvalue weighted by Crippen LogP contribution is -2.47. The van der Waals surface area contributed by atoms with E-state index in [4.69, 9.17) is 4.74 Å². The first-order valence-electron chi connectivity index (χ1n) is 12.4. The van der Waals surface area contributed by atoms with Gasteiger partial charge in [0.1, 0.15) is 11.3 Å². The second kappa shape index (κ2) is 9.96. The summed E-state index contributed by atoms with van der Waals surface area (Å²) in [5, 5.41) is 8.92. The number of hydrogen-bond donors (Lipinski definition) is 0. The van der Waals surface area contributed by atoms with E-state index in [2.05, 4.69) is 15.2 Å². The molecule has 1 amide bonds. The molecule has 198 valence electrons. The summed E-state index contributed by atoms with van der Waals surface area (Å²) in [6.45, 7) is 3.93. The summed E-state index contributed by atoms with van der Waals surface area (Å²) in [5.41, 5.74) is 2.95. The maximum atomic E-state index is 14.1. The maximum Gasteiger partial charge on any atom is 0.260 e. The van der Waals surface area contributed by atoms with Gasteiger partial charge < -0.3 is 9.64 Å². The van der Waals surface area contributed by atoms with Crippen molar-refractivity contribution in [2.24, 2.45) is 7.05 Å². The van der Waals surface area contributed by atoms with Gasteiger partial charge >= 0.3 is 0 Å². The molecule has 0 radical (unpaired) electrons. The van der Waals surface area contributed by atoms with Gasteiger partial charge in [0.2, 0.25) is 0 Å². The molecular weight excluding hydrogens is 497 g/mol. The second-order valence-electron chi connectivity index (χ2n) is 9.18. The first-order valence-corrected chi connectivity index (χ1v) is 12.4. The number of carbonyl (C=O) groups excluding carboxylic acids is 1. The zero-order valence-corrected chi connectivity index (χ0v) is 21.5. The molecule has 0 saturated carbocycles. The van der Waals surface area contributed by atoms with Crippen LogP contribution in [0.25, 0.3) is 16.9 Å². The molecule has 0 aliphatic carbocycles. The minimum absolute atomic E-state index is 0.194. The minimum Gasteiger partial charge on any atom is -0.494 e. The SMILES string of the molecule is CC[C@H]1Cc2c(nn(C)c2-c2cc(F)c(F)c(F)c2)[C@@H](CC)N1C(=O)c1cncc(-n2cccn2)c1OC. The molecule has 8 nitrogen and oxygen atoms in total. The fourth-order valence-electron chi connectivity index (χ4n) is 5.39. The largest absolute Gasteiger partial charge is 0.494 e. The predicted molar refractivity (Wildman–Crippen MR) is 133 cm³/mol. The van der Waals surface area contributed by atoms with E-state index >= 15 is 0 Å². The molecule has 11 heteroatoms. The number of ether oxygens (including phenoxy) is 1. The number of hydrogen-bond acceptors (Lipinski definition) is 5. The second-order valence-corrected chi connectivity index (χ2v) is 9.18. The fourth-order valence-corrected chi connectivity index (χ4v) is 5.39. The van der Waals surface area contributed by atoms with Crippen molar-refractivity contribution in [2.45, 2.75) is 45.2 Å². The van der Waals surface area contributed by atoms with Crippen molar-refractivity contribution in [3.63, 3.8) is 0 Å². The molecule has 1 aliphatic heterocycles. The summed E-state index contributed by atoms with van der Waals surface area (Å²) in [6.07, 6.45) is 8.00. The molecule has 0 saturated heterocycles. The molecular formula is C27H27F3N6O2. The van der Waals surface area contributed by atoms with E-state index < -0.39 is 23.5 Å². The molecule has 2 atom stereocenters. The topological polar surface area (TPSA) is 78.1 Å². The Hall–Kier alpha value is -4.15. The van der Waals surface area contributed by atoms with E-state index in [1.54, 1.807) is 46.0 Å². The van der Waals surface area contributed by atoms with Crippen LogP contribution in [0.4, 0.5) is 13.2 Å². The first-order chi connectivity index (χ1) is 18.3. The van der Waals surface area contributed by atoms with Gasteiger partial charge in [0.15, 0.2) is 23.2 Å². The van der Waals surface area contributed by atoms with Crippen molar-refractivity contribution in [3.05, 3.63) is 77.3 Å². The Labute approximate surface area is 217 Å². The molecule has 3 aromatic heterocycles. The molecule has 1 aliphatic rings. The van der Waals surface area contributed by atoms with Crippen LogP contribution in [-0.4, -0.2) is 48.5 Å². The molecule has 0 fully saturated rings. The monoisotopic (exact) mass is 524 g/mol. The van der Waals surface area contributed by atoms with Gasteiger partial charge in [0.25, 0.3) is 5.91 Å². The van der Waals surface area contributed by atoms with E-state index in [1.165, 1.54) is 13.3 Å². The maximum absolute atomic E-state index is 14.1. The summed E-state index contributed by atoms with van der Waals surface area (Å²) >= 11 is 0. The van der Waals surface area contributed by atoms with Crippen molar-refractivity contribution < 1.29 is 22.7 Å². The molecule has 4 heterocycles. The number of aromatic nitrogens is 5. The number of amides is 1. The third kappa shape index (κ3) is 4.02. The van der Waals surface area contributed by atoms with Gasteiger partial charge in [-0.1, -0.05) is 13.8 Å². The number of fused-ring (bicyclic) bond motifs is 1. The average molecular weight is 525 g/mol.